The lowest BCUT2D eigenvalue weighted by Gasteiger charge is -2.22. The molecule has 134 valence electrons. The zero-order valence-electron chi connectivity index (χ0n) is 14.2. The Labute approximate surface area is 150 Å². The number of halogens is 2. The molecule has 5 nitrogen and oxygen atoms in total. The molecule has 0 atom stereocenters. The summed E-state index contributed by atoms with van der Waals surface area (Å²) in [6, 6.07) is 7.49. The second-order valence-corrected chi connectivity index (χ2v) is 5.61. The quantitative estimate of drug-likeness (QED) is 0.903. The van der Waals surface area contributed by atoms with Crippen LogP contribution in [0.4, 0.5) is 4.39 Å². The van der Waals surface area contributed by atoms with E-state index >= 15 is 0 Å². The highest BCUT2D eigenvalue weighted by molar-refractivity contribution is 6.30. The molecule has 1 heterocycles. The van der Waals surface area contributed by atoms with Crippen LogP contribution < -0.4 is 19.5 Å². The highest BCUT2D eigenvalue weighted by Crippen LogP contribution is 2.42. The van der Waals surface area contributed by atoms with Crippen molar-refractivity contribution in [3.63, 3.8) is 0 Å². The summed E-state index contributed by atoms with van der Waals surface area (Å²) in [6.07, 6.45) is 0.339. The summed E-state index contributed by atoms with van der Waals surface area (Å²) in [6.45, 7) is 0.456. The van der Waals surface area contributed by atoms with Crippen LogP contribution in [-0.4, -0.2) is 27.2 Å². The highest BCUT2D eigenvalue weighted by atomic mass is 35.5. The fourth-order valence-electron chi connectivity index (χ4n) is 2.47. The van der Waals surface area contributed by atoms with E-state index in [0.717, 1.165) is 11.1 Å². The van der Waals surface area contributed by atoms with Gasteiger partial charge in [-0.1, -0.05) is 11.6 Å². The van der Waals surface area contributed by atoms with Gasteiger partial charge in [0.1, 0.15) is 5.82 Å². The molecule has 0 spiro atoms. The molecular formula is C18H19ClFNO4. The molecule has 7 heteroatoms. The Kier molecular flexibility index (Phi) is 6.47. The molecule has 2 aromatic rings. The molecule has 0 bridgehead atoms. The summed E-state index contributed by atoms with van der Waals surface area (Å²) in [5.74, 6) is 1.52. The number of amides is 1. The van der Waals surface area contributed by atoms with E-state index in [1.807, 2.05) is 6.07 Å². The Morgan fingerprint density at radius 1 is 1.04 bits per heavy atom. The summed E-state index contributed by atoms with van der Waals surface area (Å²) in [7, 11) is 4.70. The highest BCUT2D eigenvalue weighted by Gasteiger charge is 2.24. The minimum atomic E-state index is -0.255. The molecule has 0 fully saturated rings. The summed E-state index contributed by atoms with van der Waals surface area (Å²) in [5.41, 5.74) is 1.87. The van der Waals surface area contributed by atoms with Crippen molar-refractivity contribution in [2.75, 3.05) is 21.3 Å². The topological polar surface area (TPSA) is 56.8 Å². The van der Waals surface area contributed by atoms with E-state index in [1.54, 1.807) is 21.3 Å². The minimum absolute atomic E-state index is 0.00627. The first-order chi connectivity index (χ1) is 12.0. The third-order valence-electron chi connectivity index (χ3n) is 3.64. The molecule has 3 rings (SSSR count). The summed E-state index contributed by atoms with van der Waals surface area (Å²) >= 11 is 5.44. The first kappa shape index (κ1) is 18.9. The van der Waals surface area contributed by atoms with Crippen LogP contribution in [0, 0.1) is 5.82 Å². The number of nitrogens with one attached hydrogen (secondary N) is 1. The Balaban J connectivity index is 0.000000236. The van der Waals surface area contributed by atoms with Gasteiger partial charge in [-0.15, -0.1) is 0 Å². The lowest BCUT2D eigenvalue weighted by Crippen LogP contribution is -2.30. The van der Waals surface area contributed by atoms with Gasteiger partial charge in [0.15, 0.2) is 11.5 Å². The maximum Gasteiger partial charge on any atom is 0.224 e. The minimum Gasteiger partial charge on any atom is -0.493 e. The van der Waals surface area contributed by atoms with Gasteiger partial charge in [-0.25, -0.2) is 4.39 Å². The van der Waals surface area contributed by atoms with Crippen molar-refractivity contribution < 1.29 is 23.4 Å². The van der Waals surface area contributed by atoms with Gasteiger partial charge in [0.05, 0.1) is 27.8 Å². The second-order valence-electron chi connectivity index (χ2n) is 5.17. The molecule has 25 heavy (non-hydrogen) atoms. The summed E-state index contributed by atoms with van der Waals surface area (Å²) < 4.78 is 27.9. The predicted octanol–water partition coefficient (Wildman–Crippen LogP) is 3.36. The van der Waals surface area contributed by atoms with Crippen molar-refractivity contribution in [1.82, 2.24) is 5.32 Å². The van der Waals surface area contributed by atoms with E-state index in [2.05, 4.69) is 5.32 Å². The van der Waals surface area contributed by atoms with Crippen LogP contribution in [0.15, 0.2) is 30.3 Å². The van der Waals surface area contributed by atoms with Crippen molar-refractivity contribution in [1.29, 1.82) is 0 Å². The maximum absolute atomic E-state index is 12.0. The van der Waals surface area contributed by atoms with Gasteiger partial charge in [0, 0.05) is 17.1 Å². The Hall–Kier alpha value is -2.47. The fourth-order valence-corrected chi connectivity index (χ4v) is 2.60. The number of ether oxygens (including phenoxy) is 3. The largest absolute Gasteiger partial charge is 0.493 e. The van der Waals surface area contributed by atoms with Gasteiger partial charge in [0.25, 0.3) is 0 Å². The zero-order chi connectivity index (χ0) is 18.4. The van der Waals surface area contributed by atoms with Crippen LogP contribution in [0.5, 0.6) is 17.2 Å². The molecular weight excluding hydrogens is 349 g/mol. The molecule has 0 saturated carbocycles. The SMILES string of the molecule is COc1cc2c(c(OC)c1OC)CNC(=O)C2.Fc1ccc(Cl)cc1. The number of carbonyl (C=O) groups is 1. The molecule has 1 aliphatic rings. The average Bonchev–Trinajstić information content (AvgIpc) is 2.62. The third-order valence-corrected chi connectivity index (χ3v) is 3.89. The van der Waals surface area contributed by atoms with Crippen LogP contribution in [-0.2, 0) is 17.8 Å². The first-order valence-corrected chi connectivity index (χ1v) is 7.86. The van der Waals surface area contributed by atoms with Crippen molar-refractivity contribution in [3.05, 3.63) is 52.3 Å². The average molecular weight is 368 g/mol. The number of methoxy groups -OCH3 is 3. The standard InChI is InChI=1S/C12H15NO4.C6H4ClF/c1-15-9-4-7-5-10(14)13-6-8(7)11(16-2)12(9)17-3;7-5-1-3-6(8)4-2-5/h4H,5-6H2,1-3H3,(H,13,14);1-4H. The van der Waals surface area contributed by atoms with E-state index in [4.69, 9.17) is 25.8 Å². The lowest BCUT2D eigenvalue weighted by molar-refractivity contribution is -0.121. The van der Waals surface area contributed by atoms with Crippen LogP contribution in [0.3, 0.4) is 0 Å². The predicted molar refractivity (Wildman–Crippen MR) is 93.1 cm³/mol. The number of hydrogen-bond acceptors (Lipinski definition) is 4. The summed E-state index contributed by atoms with van der Waals surface area (Å²) in [4.78, 5) is 11.4. The monoisotopic (exact) mass is 367 g/mol. The van der Waals surface area contributed by atoms with Gasteiger partial charge in [0.2, 0.25) is 11.7 Å². The van der Waals surface area contributed by atoms with E-state index < -0.39 is 0 Å². The molecule has 0 aromatic heterocycles. The van der Waals surface area contributed by atoms with Gasteiger partial charge in [-0.2, -0.15) is 0 Å². The van der Waals surface area contributed by atoms with E-state index in [0.29, 0.717) is 35.2 Å². The van der Waals surface area contributed by atoms with Crippen LogP contribution in [0.1, 0.15) is 11.1 Å². The summed E-state index contributed by atoms with van der Waals surface area (Å²) in [5, 5.41) is 3.35. The van der Waals surface area contributed by atoms with Gasteiger partial charge in [-0.05, 0) is 35.9 Å². The van der Waals surface area contributed by atoms with E-state index in [1.165, 1.54) is 24.3 Å². The van der Waals surface area contributed by atoms with Gasteiger partial charge >= 0.3 is 0 Å². The second kappa shape index (κ2) is 8.58. The maximum atomic E-state index is 12.0. The molecule has 1 aliphatic heterocycles. The van der Waals surface area contributed by atoms with E-state index in [9.17, 15) is 9.18 Å². The normalized spacial score (nSPS) is 12.3. The molecule has 0 saturated heterocycles. The number of rotatable bonds is 3. The molecule has 0 radical (unpaired) electrons. The number of benzene rings is 2. The Morgan fingerprint density at radius 2 is 1.68 bits per heavy atom. The van der Waals surface area contributed by atoms with Crippen molar-refractivity contribution >= 4 is 17.5 Å². The zero-order valence-corrected chi connectivity index (χ0v) is 14.9. The van der Waals surface area contributed by atoms with Crippen LogP contribution in [0.25, 0.3) is 0 Å². The molecule has 1 N–H and O–H groups in total. The first-order valence-electron chi connectivity index (χ1n) is 7.48. The number of carbonyl (C=O) groups excluding carboxylic acids is 1. The molecule has 0 aliphatic carbocycles. The van der Waals surface area contributed by atoms with Gasteiger partial charge < -0.3 is 19.5 Å². The van der Waals surface area contributed by atoms with E-state index in [-0.39, 0.29) is 11.7 Å². The number of fused-ring (bicyclic) bond motifs is 1. The van der Waals surface area contributed by atoms with Crippen LogP contribution in [0.2, 0.25) is 5.02 Å². The lowest BCUT2D eigenvalue weighted by atomic mass is 9.98. The molecule has 2 aromatic carbocycles. The van der Waals surface area contributed by atoms with Crippen molar-refractivity contribution in [2.45, 2.75) is 13.0 Å². The fraction of sp³-hybridized carbons (Fsp3) is 0.278. The molecule has 1 amide bonds. The third kappa shape index (κ3) is 4.54. The Bertz CT molecular complexity index is 729. The Morgan fingerprint density at radius 3 is 2.20 bits per heavy atom. The van der Waals surface area contributed by atoms with Crippen molar-refractivity contribution in [2.24, 2.45) is 0 Å². The molecule has 0 unspecified atom stereocenters. The van der Waals surface area contributed by atoms with Crippen molar-refractivity contribution in [3.8, 4) is 17.2 Å². The van der Waals surface area contributed by atoms with Crippen LogP contribution >= 0.6 is 11.6 Å². The van der Waals surface area contributed by atoms with Gasteiger partial charge in [-0.3, -0.25) is 4.79 Å². The number of hydrogen-bond donors (Lipinski definition) is 1. The smallest absolute Gasteiger partial charge is 0.224 e.